The van der Waals surface area contributed by atoms with E-state index in [2.05, 4.69) is 20.8 Å². The van der Waals surface area contributed by atoms with E-state index in [0.29, 0.717) is 31.7 Å². The Kier molecular flexibility index (Phi) is 6.29. The lowest BCUT2D eigenvalue weighted by Crippen LogP contribution is -2.40. The second kappa shape index (κ2) is 8.75. The van der Waals surface area contributed by atoms with Crippen molar-refractivity contribution in [2.75, 3.05) is 31.7 Å². The van der Waals surface area contributed by atoms with Gasteiger partial charge in [-0.15, -0.1) is 0 Å². The fourth-order valence-electron chi connectivity index (χ4n) is 4.80. The van der Waals surface area contributed by atoms with E-state index in [1.54, 1.807) is 13.4 Å². The standard InChI is InChI=1S/C20H31F2N5O2/c1-13(11-28-2)29-14-3-4-16-15(9-14)19(26-25-16)17-10-18(24-12-23-17)27-7-5-20(21,22)6-8-27/h10,12-16,19,25-26H,3-9,11H2,1-2H3/t13-,14?,15?,16?,19?/m0/s1. The summed E-state index contributed by atoms with van der Waals surface area (Å²) in [5, 5.41) is 0. The normalized spacial score (nSPS) is 32.8. The molecule has 1 saturated carbocycles. The number of ether oxygens (including phenoxy) is 2. The van der Waals surface area contributed by atoms with Gasteiger partial charge in [0.1, 0.15) is 12.1 Å². The third-order valence-electron chi connectivity index (χ3n) is 6.34. The smallest absolute Gasteiger partial charge is 0.251 e. The molecule has 5 atom stereocenters. The first-order valence-corrected chi connectivity index (χ1v) is 10.6. The highest BCUT2D eigenvalue weighted by Crippen LogP contribution is 2.39. The molecule has 0 spiro atoms. The zero-order valence-electron chi connectivity index (χ0n) is 17.1. The molecule has 3 heterocycles. The van der Waals surface area contributed by atoms with Crippen molar-refractivity contribution in [1.29, 1.82) is 0 Å². The number of nitrogens with zero attached hydrogens (tertiary/aromatic N) is 3. The van der Waals surface area contributed by atoms with Crippen LogP contribution in [0.25, 0.3) is 0 Å². The maximum atomic E-state index is 13.5. The molecule has 2 N–H and O–H groups in total. The average Bonchev–Trinajstić information content (AvgIpc) is 3.11. The lowest BCUT2D eigenvalue weighted by Gasteiger charge is -2.35. The molecule has 4 unspecified atom stereocenters. The van der Waals surface area contributed by atoms with Gasteiger partial charge in [-0.2, -0.15) is 0 Å². The van der Waals surface area contributed by atoms with Crippen molar-refractivity contribution in [3.8, 4) is 0 Å². The maximum absolute atomic E-state index is 13.5. The number of anilines is 1. The third-order valence-corrected chi connectivity index (χ3v) is 6.34. The van der Waals surface area contributed by atoms with Gasteiger partial charge in [-0.25, -0.2) is 24.2 Å². The van der Waals surface area contributed by atoms with Crippen LogP contribution in [-0.4, -0.2) is 60.9 Å². The predicted octanol–water partition coefficient (Wildman–Crippen LogP) is 2.45. The first kappa shape index (κ1) is 20.8. The summed E-state index contributed by atoms with van der Waals surface area (Å²) in [7, 11) is 1.69. The SMILES string of the molecule is COC[C@H](C)OC1CCC2NNC(c3cc(N4CCC(F)(F)CC4)ncn3)C2C1. The molecular weight excluding hydrogens is 380 g/mol. The van der Waals surface area contributed by atoms with Crippen LogP contribution in [0.2, 0.25) is 0 Å². The van der Waals surface area contributed by atoms with Crippen LogP contribution in [-0.2, 0) is 9.47 Å². The van der Waals surface area contributed by atoms with Crippen molar-refractivity contribution < 1.29 is 18.3 Å². The molecule has 162 valence electrons. The van der Waals surface area contributed by atoms with Crippen LogP contribution >= 0.6 is 0 Å². The van der Waals surface area contributed by atoms with E-state index in [9.17, 15) is 8.78 Å². The van der Waals surface area contributed by atoms with Crippen LogP contribution in [0.15, 0.2) is 12.4 Å². The summed E-state index contributed by atoms with van der Waals surface area (Å²) in [6.45, 7) is 3.27. The summed E-state index contributed by atoms with van der Waals surface area (Å²) in [6.07, 6.45) is 4.58. The summed E-state index contributed by atoms with van der Waals surface area (Å²) < 4.78 is 38.3. The van der Waals surface area contributed by atoms with Gasteiger partial charge < -0.3 is 14.4 Å². The minimum atomic E-state index is -2.56. The number of alkyl halides is 2. The molecule has 2 aliphatic heterocycles. The van der Waals surface area contributed by atoms with Gasteiger partial charge in [-0.3, -0.25) is 5.43 Å². The Morgan fingerprint density at radius 3 is 2.79 bits per heavy atom. The molecular formula is C20H31F2N5O2. The number of methoxy groups -OCH3 is 1. The largest absolute Gasteiger partial charge is 0.382 e. The van der Waals surface area contributed by atoms with Gasteiger partial charge in [0.15, 0.2) is 0 Å². The zero-order valence-corrected chi connectivity index (χ0v) is 17.1. The molecule has 2 saturated heterocycles. The van der Waals surface area contributed by atoms with E-state index in [-0.39, 0.29) is 31.1 Å². The second-order valence-electron chi connectivity index (χ2n) is 8.52. The number of nitrogens with one attached hydrogen (secondary N) is 2. The summed E-state index contributed by atoms with van der Waals surface area (Å²) in [4.78, 5) is 10.8. The van der Waals surface area contributed by atoms with Gasteiger partial charge >= 0.3 is 0 Å². The Balaban J connectivity index is 1.43. The lowest BCUT2D eigenvalue weighted by atomic mass is 9.79. The second-order valence-corrected chi connectivity index (χ2v) is 8.52. The van der Waals surface area contributed by atoms with Gasteiger partial charge in [-0.05, 0) is 26.2 Å². The first-order chi connectivity index (χ1) is 13.9. The number of hydrazine groups is 1. The Bertz CT molecular complexity index is 685. The molecule has 0 aromatic carbocycles. The average molecular weight is 411 g/mol. The third kappa shape index (κ3) is 4.84. The van der Waals surface area contributed by atoms with Crippen molar-refractivity contribution in [2.24, 2.45) is 5.92 Å². The lowest BCUT2D eigenvalue weighted by molar-refractivity contribution is -0.0623. The van der Waals surface area contributed by atoms with Crippen molar-refractivity contribution in [3.05, 3.63) is 18.1 Å². The maximum Gasteiger partial charge on any atom is 0.251 e. The predicted molar refractivity (Wildman–Crippen MR) is 105 cm³/mol. The summed E-state index contributed by atoms with van der Waals surface area (Å²) in [5.41, 5.74) is 7.71. The van der Waals surface area contributed by atoms with Crippen LogP contribution in [0.3, 0.4) is 0 Å². The molecule has 7 nitrogen and oxygen atoms in total. The highest BCUT2D eigenvalue weighted by atomic mass is 19.3. The van der Waals surface area contributed by atoms with E-state index in [4.69, 9.17) is 9.47 Å². The fraction of sp³-hybridized carbons (Fsp3) is 0.800. The number of hydrogen-bond donors (Lipinski definition) is 2. The van der Waals surface area contributed by atoms with Gasteiger partial charge in [0.05, 0.1) is 30.6 Å². The Labute approximate surface area is 170 Å². The molecule has 1 aromatic heterocycles. The molecule has 0 bridgehead atoms. The Morgan fingerprint density at radius 1 is 1.24 bits per heavy atom. The van der Waals surface area contributed by atoms with Crippen LogP contribution in [0.1, 0.15) is 50.8 Å². The number of rotatable bonds is 6. The van der Waals surface area contributed by atoms with E-state index in [0.717, 1.165) is 30.8 Å². The Hall–Kier alpha value is -1.42. The first-order valence-electron chi connectivity index (χ1n) is 10.6. The van der Waals surface area contributed by atoms with E-state index in [1.165, 1.54) is 0 Å². The molecule has 0 radical (unpaired) electrons. The van der Waals surface area contributed by atoms with Crippen LogP contribution in [0.4, 0.5) is 14.6 Å². The molecule has 3 fully saturated rings. The van der Waals surface area contributed by atoms with E-state index < -0.39 is 5.92 Å². The summed E-state index contributed by atoms with van der Waals surface area (Å²) in [5.74, 6) is -1.47. The molecule has 1 aliphatic carbocycles. The summed E-state index contributed by atoms with van der Waals surface area (Å²) >= 11 is 0. The molecule has 0 amide bonds. The van der Waals surface area contributed by atoms with Crippen molar-refractivity contribution >= 4 is 5.82 Å². The summed E-state index contributed by atoms with van der Waals surface area (Å²) in [6, 6.07) is 2.38. The minimum Gasteiger partial charge on any atom is -0.382 e. The quantitative estimate of drug-likeness (QED) is 0.745. The molecule has 9 heteroatoms. The van der Waals surface area contributed by atoms with Gasteiger partial charge in [-0.1, -0.05) is 0 Å². The number of hydrogen-bond acceptors (Lipinski definition) is 7. The van der Waals surface area contributed by atoms with Gasteiger partial charge in [0, 0.05) is 51.1 Å². The topological polar surface area (TPSA) is 71.5 Å². The number of halogens is 2. The van der Waals surface area contributed by atoms with Crippen LogP contribution in [0, 0.1) is 5.92 Å². The minimum absolute atomic E-state index is 0.0529. The fourth-order valence-corrected chi connectivity index (χ4v) is 4.80. The monoisotopic (exact) mass is 411 g/mol. The Morgan fingerprint density at radius 2 is 2.03 bits per heavy atom. The van der Waals surface area contributed by atoms with Crippen LogP contribution in [0.5, 0.6) is 0 Å². The van der Waals surface area contributed by atoms with Gasteiger partial charge in [0.2, 0.25) is 0 Å². The number of aromatic nitrogens is 2. The number of piperidine rings is 1. The van der Waals surface area contributed by atoms with E-state index in [1.807, 2.05) is 17.9 Å². The van der Waals surface area contributed by atoms with Crippen LogP contribution < -0.4 is 15.8 Å². The van der Waals surface area contributed by atoms with Crippen molar-refractivity contribution in [1.82, 2.24) is 20.8 Å². The highest BCUT2D eigenvalue weighted by molar-refractivity contribution is 5.40. The highest BCUT2D eigenvalue weighted by Gasteiger charge is 2.42. The number of fused-ring (bicyclic) bond motifs is 1. The van der Waals surface area contributed by atoms with Crippen molar-refractivity contribution in [2.45, 2.75) is 69.2 Å². The van der Waals surface area contributed by atoms with Gasteiger partial charge in [0.25, 0.3) is 5.92 Å². The molecule has 1 aromatic rings. The molecule has 4 rings (SSSR count). The van der Waals surface area contributed by atoms with E-state index >= 15 is 0 Å². The molecule has 3 aliphatic rings. The zero-order chi connectivity index (χ0) is 20.4. The van der Waals surface area contributed by atoms with Crippen molar-refractivity contribution in [3.63, 3.8) is 0 Å². The molecule has 29 heavy (non-hydrogen) atoms.